The van der Waals surface area contributed by atoms with Crippen molar-refractivity contribution in [3.8, 4) is 17.2 Å². The van der Waals surface area contributed by atoms with E-state index in [1.165, 1.54) is 11.3 Å². The number of aromatic nitrogens is 1. The van der Waals surface area contributed by atoms with Crippen molar-refractivity contribution in [1.82, 2.24) is 9.88 Å². The highest BCUT2D eigenvalue weighted by Crippen LogP contribution is 2.43. The second kappa shape index (κ2) is 7.37. The molecule has 1 aliphatic heterocycles. The van der Waals surface area contributed by atoms with Gasteiger partial charge < -0.3 is 16.4 Å². The SMILES string of the molecule is C[C@@H]1CCC[C@@H](C)N1C(=O)c1sc2nc(N)c(C#N)c(-c3ccccc3)c2c1N. The molecule has 29 heavy (non-hydrogen) atoms. The molecule has 0 saturated carbocycles. The molecule has 0 bridgehead atoms. The van der Waals surface area contributed by atoms with Gasteiger partial charge in [-0.15, -0.1) is 11.3 Å². The standard InChI is InChI=1S/C22H23N5OS/c1-12-7-6-8-13(2)27(12)22(28)19-18(24)17-16(14-9-4-3-5-10-14)15(11-23)20(25)26-21(17)29-19/h3-5,9-10,12-13H,6-8,24H2,1-2H3,(H2,25,26)/t12-,13-/m1/s1. The monoisotopic (exact) mass is 405 g/mol. The van der Waals surface area contributed by atoms with Crippen LogP contribution in [0.15, 0.2) is 30.3 Å². The minimum atomic E-state index is -0.0682. The maximum absolute atomic E-state index is 13.4. The van der Waals surface area contributed by atoms with Gasteiger partial charge in [0.05, 0.1) is 5.69 Å². The van der Waals surface area contributed by atoms with Crippen LogP contribution in [0.4, 0.5) is 11.5 Å². The first-order valence-electron chi connectivity index (χ1n) is 9.73. The number of carbonyl (C=O) groups excluding carboxylic acids is 1. The van der Waals surface area contributed by atoms with Crippen molar-refractivity contribution in [1.29, 1.82) is 5.26 Å². The zero-order chi connectivity index (χ0) is 20.7. The topological polar surface area (TPSA) is 109 Å². The minimum absolute atomic E-state index is 0.0682. The van der Waals surface area contributed by atoms with E-state index in [0.29, 0.717) is 26.3 Å². The molecule has 3 heterocycles. The zero-order valence-electron chi connectivity index (χ0n) is 16.5. The highest BCUT2D eigenvalue weighted by molar-refractivity contribution is 7.21. The number of rotatable bonds is 2. The second-order valence-corrected chi connectivity index (χ2v) is 8.59. The molecule has 3 aromatic rings. The fraction of sp³-hybridized carbons (Fsp3) is 0.318. The molecule has 6 nitrogen and oxygen atoms in total. The van der Waals surface area contributed by atoms with Crippen molar-refractivity contribution in [2.45, 2.75) is 45.2 Å². The van der Waals surface area contributed by atoms with Gasteiger partial charge in [-0.3, -0.25) is 4.79 Å². The Morgan fingerprint density at radius 2 is 1.86 bits per heavy atom. The smallest absolute Gasteiger partial charge is 0.266 e. The molecule has 1 aliphatic rings. The van der Waals surface area contributed by atoms with Gasteiger partial charge in [0.25, 0.3) is 5.91 Å². The number of fused-ring (bicyclic) bond motifs is 1. The Kier molecular flexibility index (Phi) is 4.89. The van der Waals surface area contributed by atoms with E-state index < -0.39 is 0 Å². The quantitative estimate of drug-likeness (QED) is 0.657. The first kappa shape index (κ1) is 19.2. The van der Waals surface area contributed by atoms with Crippen LogP contribution in [0.1, 0.15) is 48.3 Å². The maximum Gasteiger partial charge on any atom is 0.266 e. The van der Waals surface area contributed by atoms with Crippen molar-refractivity contribution in [3.05, 3.63) is 40.8 Å². The van der Waals surface area contributed by atoms with Gasteiger partial charge in [0.2, 0.25) is 0 Å². The minimum Gasteiger partial charge on any atom is -0.397 e. The number of nitrogens with zero attached hydrogens (tertiary/aromatic N) is 3. The number of thiophene rings is 1. The molecule has 1 saturated heterocycles. The van der Waals surface area contributed by atoms with E-state index in [2.05, 4.69) is 24.9 Å². The summed E-state index contributed by atoms with van der Waals surface area (Å²) in [5, 5.41) is 10.3. The molecule has 0 unspecified atom stereocenters. The lowest BCUT2D eigenvalue weighted by Crippen LogP contribution is -2.47. The van der Waals surface area contributed by atoms with Crippen LogP contribution in [0.5, 0.6) is 0 Å². The molecule has 0 aliphatic carbocycles. The van der Waals surface area contributed by atoms with E-state index in [1.54, 1.807) is 0 Å². The Bertz CT molecular complexity index is 1120. The lowest BCUT2D eigenvalue weighted by atomic mass is 9.96. The number of hydrogen-bond donors (Lipinski definition) is 2. The zero-order valence-corrected chi connectivity index (χ0v) is 17.3. The number of anilines is 2. The van der Waals surface area contributed by atoms with Crippen LogP contribution >= 0.6 is 11.3 Å². The number of nitriles is 1. The molecule has 0 spiro atoms. The maximum atomic E-state index is 13.4. The molecule has 4 rings (SSSR count). The van der Waals surface area contributed by atoms with Crippen LogP contribution in [0, 0.1) is 11.3 Å². The average Bonchev–Trinajstić information content (AvgIpc) is 3.03. The molecule has 1 amide bonds. The van der Waals surface area contributed by atoms with Gasteiger partial charge in [-0.25, -0.2) is 4.98 Å². The van der Waals surface area contributed by atoms with Crippen LogP contribution in [0.2, 0.25) is 0 Å². The van der Waals surface area contributed by atoms with Gasteiger partial charge in [0.1, 0.15) is 27.2 Å². The number of benzene rings is 1. The summed E-state index contributed by atoms with van der Waals surface area (Å²) in [5.74, 6) is 0.0834. The fourth-order valence-electron chi connectivity index (χ4n) is 4.27. The molecular weight excluding hydrogens is 382 g/mol. The molecule has 2 aromatic heterocycles. The number of pyridine rings is 1. The number of piperidine rings is 1. The van der Waals surface area contributed by atoms with Crippen molar-refractivity contribution in [2.75, 3.05) is 11.5 Å². The number of hydrogen-bond acceptors (Lipinski definition) is 6. The second-order valence-electron chi connectivity index (χ2n) is 7.59. The highest BCUT2D eigenvalue weighted by Gasteiger charge is 2.33. The lowest BCUT2D eigenvalue weighted by Gasteiger charge is -2.38. The Morgan fingerprint density at radius 3 is 2.48 bits per heavy atom. The summed E-state index contributed by atoms with van der Waals surface area (Å²) >= 11 is 1.26. The number of nitrogens with two attached hydrogens (primary N) is 2. The van der Waals surface area contributed by atoms with Crippen LogP contribution < -0.4 is 11.5 Å². The summed E-state index contributed by atoms with van der Waals surface area (Å²) in [6.07, 6.45) is 3.09. The van der Waals surface area contributed by atoms with E-state index >= 15 is 0 Å². The third kappa shape index (κ3) is 3.10. The molecular formula is C22H23N5OS. The molecule has 2 atom stereocenters. The Labute approximate surface area is 173 Å². The van der Waals surface area contributed by atoms with Gasteiger partial charge in [-0.05, 0) is 38.7 Å². The number of amides is 1. The van der Waals surface area contributed by atoms with Crippen LogP contribution in [-0.4, -0.2) is 27.9 Å². The van der Waals surface area contributed by atoms with E-state index in [0.717, 1.165) is 24.8 Å². The molecule has 4 N–H and O–H groups in total. The van der Waals surface area contributed by atoms with Gasteiger partial charge in [-0.2, -0.15) is 5.26 Å². The number of carbonyl (C=O) groups is 1. The third-order valence-corrected chi connectivity index (χ3v) is 6.79. The van der Waals surface area contributed by atoms with Gasteiger partial charge in [-0.1, -0.05) is 30.3 Å². The van der Waals surface area contributed by atoms with Crippen molar-refractivity contribution >= 4 is 39.0 Å². The predicted molar refractivity (Wildman–Crippen MR) is 118 cm³/mol. The first-order valence-corrected chi connectivity index (χ1v) is 10.5. The first-order chi connectivity index (χ1) is 13.9. The number of nitrogen functional groups attached to an aromatic ring is 2. The molecule has 148 valence electrons. The van der Waals surface area contributed by atoms with Crippen LogP contribution in [0.25, 0.3) is 21.3 Å². The summed E-state index contributed by atoms with van der Waals surface area (Å²) in [4.78, 5) is 20.8. The molecule has 7 heteroatoms. The molecule has 1 aromatic carbocycles. The average molecular weight is 406 g/mol. The largest absolute Gasteiger partial charge is 0.397 e. The van der Waals surface area contributed by atoms with Crippen molar-refractivity contribution < 1.29 is 4.79 Å². The van der Waals surface area contributed by atoms with E-state index in [1.807, 2.05) is 35.2 Å². The summed E-state index contributed by atoms with van der Waals surface area (Å²) in [6.45, 7) is 4.16. The van der Waals surface area contributed by atoms with Crippen molar-refractivity contribution in [2.24, 2.45) is 0 Å². The van der Waals surface area contributed by atoms with Gasteiger partial charge >= 0.3 is 0 Å². The van der Waals surface area contributed by atoms with Gasteiger partial charge in [0, 0.05) is 23.0 Å². The number of likely N-dealkylation sites (tertiary alicyclic amines) is 1. The Balaban J connectivity index is 1.95. The van der Waals surface area contributed by atoms with E-state index in [4.69, 9.17) is 11.5 Å². The van der Waals surface area contributed by atoms with Crippen LogP contribution in [0.3, 0.4) is 0 Å². The summed E-state index contributed by atoms with van der Waals surface area (Å²) in [7, 11) is 0. The van der Waals surface area contributed by atoms with Crippen molar-refractivity contribution in [3.63, 3.8) is 0 Å². The van der Waals surface area contributed by atoms with E-state index in [-0.39, 0.29) is 29.4 Å². The summed E-state index contributed by atoms with van der Waals surface area (Å²) < 4.78 is 0. The van der Waals surface area contributed by atoms with Gasteiger partial charge in [0.15, 0.2) is 0 Å². The third-order valence-electron chi connectivity index (χ3n) is 5.70. The summed E-state index contributed by atoms with van der Waals surface area (Å²) in [5.41, 5.74) is 14.7. The highest BCUT2D eigenvalue weighted by atomic mass is 32.1. The lowest BCUT2D eigenvalue weighted by molar-refractivity contribution is 0.0517. The van der Waals surface area contributed by atoms with E-state index in [9.17, 15) is 10.1 Å². The molecule has 1 fully saturated rings. The normalized spacial score (nSPS) is 19.3. The fourth-order valence-corrected chi connectivity index (χ4v) is 5.33. The summed E-state index contributed by atoms with van der Waals surface area (Å²) in [6, 6.07) is 12.0. The Hall–Kier alpha value is -3.11. The molecule has 0 radical (unpaired) electrons. The van der Waals surface area contributed by atoms with Crippen LogP contribution in [-0.2, 0) is 0 Å². The predicted octanol–water partition coefficient (Wildman–Crippen LogP) is 4.40. The Morgan fingerprint density at radius 1 is 1.21 bits per heavy atom.